The van der Waals surface area contributed by atoms with E-state index >= 15 is 0 Å². The highest BCUT2D eigenvalue weighted by Gasteiger charge is 2.08. The maximum atomic E-state index is 10.7. The van der Waals surface area contributed by atoms with Gasteiger partial charge in [0.25, 0.3) is 0 Å². The number of benzene rings is 1. The number of rotatable bonds is 4. The highest BCUT2D eigenvalue weighted by atomic mass is 35.5. The topological polar surface area (TPSA) is 17.1 Å². The summed E-state index contributed by atoms with van der Waals surface area (Å²) < 4.78 is 0. The Labute approximate surface area is 83.7 Å². The molecule has 0 N–H and O–H groups in total. The maximum Gasteiger partial charge on any atom is 0.224 e. The molecular formula is C11H13ClO. The second kappa shape index (κ2) is 5.03. The average molecular weight is 197 g/mol. The number of hydrogen-bond acceptors (Lipinski definition) is 1. The van der Waals surface area contributed by atoms with Crippen molar-refractivity contribution in [1.82, 2.24) is 0 Å². The Morgan fingerprint density at radius 1 is 1.38 bits per heavy atom. The van der Waals surface area contributed by atoms with Crippen LogP contribution in [0.25, 0.3) is 0 Å². The smallest absolute Gasteiger partial charge is 0.224 e. The molecule has 0 heterocycles. The van der Waals surface area contributed by atoms with Crippen LogP contribution >= 0.6 is 11.6 Å². The van der Waals surface area contributed by atoms with Crippen molar-refractivity contribution in [2.24, 2.45) is 5.92 Å². The van der Waals surface area contributed by atoms with Crippen molar-refractivity contribution in [3.8, 4) is 0 Å². The van der Waals surface area contributed by atoms with Crippen molar-refractivity contribution in [2.75, 3.05) is 0 Å². The van der Waals surface area contributed by atoms with Crippen molar-refractivity contribution in [3.05, 3.63) is 35.9 Å². The van der Waals surface area contributed by atoms with Crippen LogP contribution < -0.4 is 0 Å². The summed E-state index contributed by atoms with van der Waals surface area (Å²) in [6, 6.07) is 10.1. The number of hydrogen-bond donors (Lipinski definition) is 0. The van der Waals surface area contributed by atoms with Crippen LogP contribution in [0, 0.1) is 5.92 Å². The van der Waals surface area contributed by atoms with E-state index in [1.54, 1.807) is 0 Å². The number of aryl methyl sites for hydroxylation is 1. The zero-order valence-electron chi connectivity index (χ0n) is 7.66. The molecule has 0 unspecified atom stereocenters. The lowest BCUT2D eigenvalue weighted by Crippen LogP contribution is -2.04. The Bertz CT molecular complexity index is 269. The van der Waals surface area contributed by atoms with Gasteiger partial charge < -0.3 is 0 Å². The Kier molecular flexibility index (Phi) is 3.97. The minimum atomic E-state index is -0.240. The second-order valence-corrected chi connectivity index (χ2v) is 3.60. The van der Waals surface area contributed by atoms with E-state index in [2.05, 4.69) is 12.1 Å². The summed E-state index contributed by atoms with van der Waals surface area (Å²) in [5, 5.41) is -0.240. The SMILES string of the molecule is C[C@@H](CCc1ccccc1)C(=O)Cl. The summed E-state index contributed by atoms with van der Waals surface area (Å²) in [4.78, 5) is 10.7. The Hall–Kier alpha value is -0.820. The molecule has 70 valence electrons. The van der Waals surface area contributed by atoms with Crippen LogP contribution in [-0.4, -0.2) is 5.24 Å². The lowest BCUT2D eigenvalue weighted by molar-refractivity contribution is -0.114. The van der Waals surface area contributed by atoms with Gasteiger partial charge in [-0.05, 0) is 30.0 Å². The Balaban J connectivity index is 2.39. The predicted octanol–water partition coefficient (Wildman–Crippen LogP) is 3.02. The van der Waals surface area contributed by atoms with Crippen molar-refractivity contribution < 1.29 is 4.79 Å². The maximum absolute atomic E-state index is 10.7. The number of halogens is 1. The van der Waals surface area contributed by atoms with Crippen molar-refractivity contribution in [3.63, 3.8) is 0 Å². The molecule has 0 spiro atoms. The van der Waals surface area contributed by atoms with Crippen molar-refractivity contribution >= 4 is 16.8 Å². The first-order chi connectivity index (χ1) is 6.20. The first kappa shape index (κ1) is 10.3. The van der Waals surface area contributed by atoms with Gasteiger partial charge in [0, 0.05) is 5.92 Å². The standard InChI is InChI=1S/C11H13ClO/c1-9(11(12)13)7-8-10-5-3-2-4-6-10/h2-6,9H,7-8H2,1H3/t9-/m0/s1. The molecule has 0 aliphatic carbocycles. The summed E-state index contributed by atoms with van der Waals surface area (Å²) in [7, 11) is 0. The third-order valence-electron chi connectivity index (χ3n) is 2.10. The van der Waals surface area contributed by atoms with Gasteiger partial charge in [-0.15, -0.1) is 0 Å². The lowest BCUT2D eigenvalue weighted by Gasteiger charge is -2.05. The van der Waals surface area contributed by atoms with Gasteiger partial charge in [-0.2, -0.15) is 0 Å². The zero-order valence-corrected chi connectivity index (χ0v) is 8.42. The molecule has 0 aromatic heterocycles. The van der Waals surface area contributed by atoms with Crippen LogP contribution in [0.3, 0.4) is 0 Å². The van der Waals surface area contributed by atoms with Crippen LogP contribution in [0.1, 0.15) is 18.9 Å². The van der Waals surface area contributed by atoms with Gasteiger partial charge in [-0.25, -0.2) is 0 Å². The first-order valence-corrected chi connectivity index (χ1v) is 4.81. The molecule has 0 saturated heterocycles. The minimum absolute atomic E-state index is 0.0399. The molecule has 0 aliphatic heterocycles. The monoisotopic (exact) mass is 196 g/mol. The van der Waals surface area contributed by atoms with Gasteiger partial charge in [0.15, 0.2) is 0 Å². The van der Waals surface area contributed by atoms with E-state index in [0.29, 0.717) is 0 Å². The first-order valence-electron chi connectivity index (χ1n) is 4.43. The molecule has 2 heteroatoms. The summed E-state index contributed by atoms with van der Waals surface area (Å²) in [6.45, 7) is 1.86. The fourth-order valence-electron chi connectivity index (χ4n) is 1.14. The second-order valence-electron chi connectivity index (χ2n) is 3.23. The third kappa shape index (κ3) is 3.60. The summed E-state index contributed by atoms with van der Waals surface area (Å²) in [5.74, 6) is -0.0399. The average Bonchev–Trinajstić information content (AvgIpc) is 2.15. The van der Waals surface area contributed by atoms with Gasteiger partial charge in [0.1, 0.15) is 0 Å². The minimum Gasteiger partial charge on any atom is -0.281 e. The summed E-state index contributed by atoms with van der Waals surface area (Å²) in [5.41, 5.74) is 1.26. The van der Waals surface area contributed by atoms with E-state index in [9.17, 15) is 4.79 Å². The van der Waals surface area contributed by atoms with E-state index in [1.165, 1.54) is 5.56 Å². The van der Waals surface area contributed by atoms with E-state index in [-0.39, 0.29) is 11.2 Å². The largest absolute Gasteiger partial charge is 0.281 e. The van der Waals surface area contributed by atoms with E-state index < -0.39 is 0 Å². The molecule has 0 bridgehead atoms. The Morgan fingerprint density at radius 3 is 2.54 bits per heavy atom. The molecule has 1 rings (SSSR count). The van der Waals surface area contributed by atoms with Gasteiger partial charge in [0.05, 0.1) is 0 Å². The van der Waals surface area contributed by atoms with Gasteiger partial charge in [-0.3, -0.25) is 4.79 Å². The summed E-state index contributed by atoms with van der Waals surface area (Å²) in [6.07, 6.45) is 1.74. The van der Waals surface area contributed by atoms with Crippen LogP contribution in [0.2, 0.25) is 0 Å². The van der Waals surface area contributed by atoms with E-state index in [4.69, 9.17) is 11.6 Å². The zero-order chi connectivity index (χ0) is 9.68. The molecule has 1 aromatic carbocycles. The van der Waals surface area contributed by atoms with Gasteiger partial charge in [-0.1, -0.05) is 37.3 Å². The Morgan fingerprint density at radius 2 is 2.00 bits per heavy atom. The van der Waals surface area contributed by atoms with Gasteiger partial charge in [0.2, 0.25) is 5.24 Å². The van der Waals surface area contributed by atoms with Crippen LogP contribution in [0.15, 0.2) is 30.3 Å². The number of carbonyl (C=O) groups excluding carboxylic acids is 1. The van der Waals surface area contributed by atoms with Crippen LogP contribution in [-0.2, 0) is 11.2 Å². The fraction of sp³-hybridized carbons (Fsp3) is 0.364. The predicted molar refractivity (Wildman–Crippen MR) is 54.8 cm³/mol. The molecule has 0 radical (unpaired) electrons. The number of carbonyl (C=O) groups is 1. The normalized spacial score (nSPS) is 12.5. The molecule has 1 atom stereocenters. The lowest BCUT2D eigenvalue weighted by atomic mass is 10.0. The molecule has 1 nitrogen and oxygen atoms in total. The van der Waals surface area contributed by atoms with E-state index in [1.807, 2.05) is 25.1 Å². The molecular weight excluding hydrogens is 184 g/mol. The molecule has 0 aliphatic rings. The molecule has 0 amide bonds. The third-order valence-corrected chi connectivity index (χ3v) is 2.47. The molecule has 0 fully saturated rings. The molecule has 1 aromatic rings. The van der Waals surface area contributed by atoms with Crippen molar-refractivity contribution in [1.29, 1.82) is 0 Å². The highest BCUT2D eigenvalue weighted by molar-refractivity contribution is 6.63. The summed E-state index contributed by atoms with van der Waals surface area (Å²) >= 11 is 5.36. The van der Waals surface area contributed by atoms with Gasteiger partial charge >= 0.3 is 0 Å². The van der Waals surface area contributed by atoms with Crippen LogP contribution in [0.4, 0.5) is 0 Å². The molecule has 13 heavy (non-hydrogen) atoms. The quantitative estimate of drug-likeness (QED) is 0.677. The van der Waals surface area contributed by atoms with Crippen molar-refractivity contribution in [2.45, 2.75) is 19.8 Å². The fourth-order valence-corrected chi connectivity index (χ4v) is 1.25. The highest BCUT2D eigenvalue weighted by Crippen LogP contribution is 2.11. The molecule has 0 saturated carbocycles. The van der Waals surface area contributed by atoms with E-state index in [0.717, 1.165) is 12.8 Å². The van der Waals surface area contributed by atoms with Crippen LogP contribution in [0.5, 0.6) is 0 Å².